The summed E-state index contributed by atoms with van der Waals surface area (Å²) in [7, 11) is 0. The van der Waals surface area contributed by atoms with Gasteiger partial charge in [0.1, 0.15) is 5.75 Å². The monoisotopic (exact) mass is 325 g/mol. The molecule has 126 valence electrons. The molecule has 0 spiro atoms. The molecule has 1 aromatic carbocycles. The van der Waals surface area contributed by atoms with E-state index in [1.54, 1.807) is 6.20 Å². The lowest BCUT2D eigenvalue weighted by Crippen LogP contribution is -2.34. The highest BCUT2D eigenvalue weighted by atomic mass is 16.5. The number of carbonyl (C=O) groups is 1. The maximum Gasteiger partial charge on any atom is 0.227 e. The molecule has 1 aliphatic heterocycles. The van der Waals surface area contributed by atoms with Crippen LogP contribution in [0.25, 0.3) is 0 Å². The Bertz CT molecular complexity index is 724. The molecule has 24 heavy (non-hydrogen) atoms. The topological polar surface area (TPSA) is 63.2 Å². The average molecular weight is 325 g/mol. The number of carbonyl (C=O) groups excluding carboxylic acids is 1. The third-order valence-electron chi connectivity index (χ3n) is 4.27. The smallest absolute Gasteiger partial charge is 0.227 e. The van der Waals surface area contributed by atoms with Crippen molar-refractivity contribution in [2.24, 2.45) is 5.92 Å². The second-order valence-corrected chi connectivity index (χ2v) is 6.27. The number of aryl methyl sites for hydroxylation is 2. The first-order chi connectivity index (χ1) is 11.6. The molecule has 5 nitrogen and oxygen atoms in total. The Morgan fingerprint density at radius 3 is 2.75 bits per heavy atom. The Morgan fingerprint density at radius 1 is 1.21 bits per heavy atom. The number of piperidine rings is 1. The zero-order valence-corrected chi connectivity index (χ0v) is 14.1. The second-order valence-electron chi connectivity index (χ2n) is 6.27. The van der Waals surface area contributed by atoms with Gasteiger partial charge in [-0.3, -0.25) is 4.79 Å². The van der Waals surface area contributed by atoms with Gasteiger partial charge in [-0.15, -0.1) is 0 Å². The van der Waals surface area contributed by atoms with E-state index in [4.69, 9.17) is 4.74 Å². The summed E-state index contributed by atoms with van der Waals surface area (Å²) in [4.78, 5) is 16.6. The minimum atomic E-state index is 0.0790. The van der Waals surface area contributed by atoms with Crippen LogP contribution in [0.1, 0.15) is 24.0 Å². The number of aromatic nitrogens is 1. The largest absolute Gasteiger partial charge is 0.439 e. The molecule has 2 heterocycles. The SMILES string of the molecule is Cc1ccnc(Oc2cc(NC(=O)C3CCNCC3)ccc2C)c1. The lowest BCUT2D eigenvalue weighted by molar-refractivity contribution is -0.120. The maximum absolute atomic E-state index is 12.4. The van der Waals surface area contributed by atoms with E-state index in [0.717, 1.165) is 42.7 Å². The van der Waals surface area contributed by atoms with Gasteiger partial charge < -0.3 is 15.4 Å². The van der Waals surface area contributed by atoms with Crippen molar-refractivity contribution in [2.45, 2.75) is 26.7 Å². The predicted molar refractivity (Wildman–Crippen MR) is 94.5 cm³/mol. The molecule has 2 N–H and O–H groups in total. The van der Waals surface area contributed by atoms with Crippen molar-refractivity contribution in [3.8, 4) is 11.6 Å². The molecule has 1 amide bonds. The van der Waals surface area contributed by atoms with Gasteiger partial charge in [-0.05, 0) is 63.0 Å². The van der Waals surface area contributed by atoms with Crippen LogP contribution in [0.5, 0.6) is 11.6 Å². The fraction of sp³-hybridized carbons (Fsp3) is 0.368. The number of ether oxygens (including phenoxy) is 1. The molecule has 0 bridgehead atoms. The number of pyridine rings is 1. The molecular weight excluding hydrogens is 302 g/mol. The van der Waals surface area contributed by atoms with Crippen LogP contribution < -0.4 is 15.4 Å². The fourth-order valence-corrected chi connectivity index (χ4v) is 2.79. The van der Waals surface area contributed by atoms with Crippen LogP contribution >= 0.6 is 0 Å². The number of hydrogen-bond donors (Lipinski definition) is 2. The Kier molecular flexibility index (Phi) is 5.11. The van der Waals surface area contributed by atoms with Gasteiger partial charge in [-0.1, -0.05) is 6.07 Å². The summed E-state index contributed by atoms with van der Waals surface area (Å²) in [6.07, 6.45) is 3.49. The maximum atomic E-state index is 12.4. The van der Waals surface area contributed by atoms with Crippen LogP contribution in [0, 0.1) is 19.8 Å². The van der Waals surface area contributed by atoms with Gasteiger partial charge in [0.05, 0.1) is 0 Å². The van der Waals surface area contributed by atoms with Crippen LogP contribution in [-0.4, -0.2) is 24.0 Å². The Hall–Kier alpha value is -2.40. The second kappa shape index (κ2) is 7.45. The normalized spacial score (nSPS) is 15.1. The molecule has 1 saturated heterocycles. The summed E-state index contributed by atoms with van der Waals surface area (Å²) in [5.74, 6) is 1.42. The van der Waals surface area contributed by atoms with Crippen LogP contribution in [-0.2, 0) is 4.79 Å². The quantitative estimate of drug-likeness (QED) is 0.904. The Labute approximate surface area is 142 Å². The zero-order chi connectivity index (χ0) is 16.9. The van der Waals surface area contributed by atoms with Crippen LogP contribution in [0.2, 0.25) is 0 Å². The molecule has 0 atom stereocenters. The average Bonchev–Trinajstić information content (AvgIpc) is 2.59. The number of nitrogens with zero attached hydrogens (tertiary/aromatic N) is 1. The highest BCUT2D eigenvalue weighted by Crippen LogP contribution is 2.28. The van der Waals surface area contributed by atoms with E-state index >= 15 is 0 Å². The first-order valence-electron chi connectivity index (χ1n) is 8.34. The van der Waals surface area contributed by atoms with Gasteiger partial charge >= 0.3 is 0 Å². The lowest BCUT2D eigenvalue weighted by Gasteiger charge is -2.22. The van der Waals surface area contributed by atoms with Crippen molar-refractivity contribution in [3.63, 3.8) is 0 Å². The molecule has 0 unspecified atom stereocenters. The summed E-state index contributed by atoms with van der Waals surface area (Å²) in [6.45, 7) is 5.78. The van der Waals surface area contributed by atoms with Crippen molar-refractivity contribution < 1.29 is 9.53 Å². The summed E-state index contributed by atoms with van der Waals surface area (Å²) in [5.41, 5.74) is 2.85. The van der Waals surface area contributed by atoms with Crippen molar-refractivity contribution in [1.29, 1.82) is 0 Å². The minimum Gasteiger partial charge on any atom is -0.439 e. The summed E-state index contributed by atoms with van der Waals surface area (Å²) < 4.78 is 5.89. The summed E-state index contributed by atoms with van der Waals surface area (Å²) >= 11 is 0. The zero-order valence-electron chi connectivity index (χ0n) is 14.1. The van der Waals surface area contributed by atoms with E-state index in [0.29, 0.717) is 11.6 Å². The standard InChI is InChI=1S/C19H23N3O2/c1-13-5-10-21-18(11-13)24-17-12-16(4-3-14(17)2)22-19(23)15-6-8-20-9-7-15/h3-5,10-12,15,20H,6-9H2,1-2H3,(H,22,23). The van der Waals surface area contributed by atoms with Crippen LogP contribution in [0.15, 0.2) is 36.5 Å². The molecular formula is C19H23N3O2. The number of nitrogens with one attached hydrogen (secondary N) is 2. The molecule has 1 fully saturated rings. The Morgan fingerprint density at radius 2 is 2.00 bits per heavy atom. The molecule has 1 aromatic heterocycles. The summed E-state index contributed by atoms with van der Waals surface area (Å²) in [6, 6.07) is 9.53. The molecule has 3 rings (SSSR count). The molecule has 0 aliphatic carbocycles. The highest BCUT2D eigenvalue weighted by molar-refractivity contribution is 5.92. The summed E-state index contributed by atoms with van der Waals surface area (Å²) in [5, 5.41) is 6.28. The molecule has 2 aromatic rings. The minimum absolute atomic E-state index is 0.0790. The van der Waals surface area contributed by atoms with E-state index in [9.17, 15) is 4.79 Å². The predicted octanol–water partition coefficient (Wildman–Crippen LogP) is 3.43. The van der Waals surface area contributed by atoms with Crippen molar-refractivity contribution in [3.05, 3.63) is 47.7 Å². The van der Waals surface area contributed by atoms with E-state index in [2.05, 4.69) is 15.6 Å². The first-order valence-corrected chi connectivity index (χ1v) is 8.34. The first kappa shape index (κ1) is 16.5. The molecule has 5 heteroatoms. The van der Waals surface area contributed by atoms with Gasteiger partial charge in [0.2, 0.25) is 11.8 Å². The van der Waals surface area contributed by atoms with Crippen molar-refractivity contribution >= 4 is 11.6 Å². The van der Waals surface area contributed by atoms with Gasteiger partial charge in [-0.2, -0.15) is 0 Å². The third-order valence-corrected chi connectivity index (χ3v) is 4.27. The van der Waals surface area contributed by atoms with Gasteiger partial charge in [0.15, 0.2) is 0 Å². The number of amides is 1. The van der Waals surface area contributed by atoms with Gasteiger partial charge in [0.25, 0.3) is 0 Å². The van der Waals surface area contributed by atoms with Crippen molar-refractivity contribution in [1.82, 2.24) is 10.3 Å². The van der Waals surface area contributed by atoms with E-state index in [-0.39, 0.29) is 11.8 Å². The highest BCUT2D eigenvalue weighted by Gasteiger charge is 2.21. The van der Waals surface area contributed by atoms with Crippen LogP contribution in [0.3, 0.4) is 0 Å². The number of benzene rings is 1. The molecule has 0 saturated carbocycles. The number of anilines is 1. The number of rotatable bonds is 4. The number of hydrogen-bond acceptors (Lipinski definition) is 4. The fourth-order valence-electron chi connectivity index (χ4n) is 2.79. The van der Waals surface area contributed by atoms with Crippen LogP contribution in [0.4, 0.5) is 5.69 Å². The Balaban J connectivity index is 1.72. The van der Waals surface area contributed by atoms with Crippen molar-refractivity contribution in [2.75, 3.05) is 18.4 Å². The third kappa shape index (κ3) is 4.11. The van der Waals surface area contributed by atoms with Gasteiger partial charge in [-0.25, -0.2) is 4.98 Å². The van der Waals surface area contributed by atoms with E-state index in [1.165, 1.54) is 0 Å². The lowest BCUT2D eigenvalue weighted by atomic mass is 9.97. The molecule has 0 radical (unpaired) electrons. The van der Waals surface area contributed by atoms with E-state index < -0.39 is 0 Å². The van der Waals surface area contributed by atoms with E-state index in [1.807, 2.05) is 44.2 Å². The molecule has 1 aliphatic rings. The van der Waals surface area contributed by atoms with Gasteiger partial charge in [0, 0.05) is 29.9 Å².